The summed E-state index contributed by atoms with van der Waals surface area (Å²) in [4.78, 5) is 16.4. The number of hydrogen-bond acceptors (Lipinski definition) is 6. The molecule has 1 aliphatic rings. The number of methoxy groups -OCH3 is 1. The Morgan fingerprint density at radius 1 is 1.30 bits per heavy atom. The predicted octanol–water partition coefficient (Wildman–Crippen LogP) is 3.21. The molecule has 0 bridgehead atoms. The summed E-state index contributed by atoms with van der Waals surface area (Å²) in [6.45, 7) is 0.680. The topological polar surface area (TPSA) is 102 Å². The number of rotatable bonds is 6. The average molecular weight is 370 g/mol. The lowest BCUT2D eigenvalue weighted by Crippen LogP contribution is -2.30. The molecule has 8 nitrogen and oxygen atoms in total. The van der Waals surface area contributed by atoms with Crippen molar-refractivity contribution in [3.8, 4) is 0 Å². The summed E-state index contributed by atoms with van der Waals surface area (Å²) in [5, 5.41) is 10.6. The number of nitrogens with one attached hydrogen (secondary N) is 2. The molecule has 27 heavy (non-hydrogen) atoms. The molecule has 0 aliphatic heterocycles. The number of nitrogens with zero attached hydrogens (tertiary/aromatic N) is 2. The van der Waals surface area contributed by atoms with Crippen LogP contribution in [0.25, 0.3) is 11.0 Å². The van der Waals surface area contributed by atoms with Gasteiger partial charge in [0.25, 0.3) is 0 Å². The van der Waals surface area contributed by atoms with E-state index >= 15 is 0 Å². The summed E-state index contributed by atoms with van der Waals surface area (Å²) in [5.41, 5.74) is 2.71. The van der Waals surface area contributed by atoms with E-state index in [1.54, 1.807) is 7.11 Å². The maximum Gasteiger partial charge on any atom is 0.319 e. The zero-order valence-electron chi connectivity index (χ0n) is 15.2. The monoisotopic (exact) mass is 370 g/mol. The van der Waals surface area contributed by atoms with Crippen molar-refractivity contribution in [1.29, 1.82) is 0 Å². The van der Waals surface area contributed by atoms with Crippen molar-refractivity contribution in [1.82, 2.24) is 15.5 Å². The fourth-order valence-electron chi connectivity index (χ4n) is 3.41. The average Bonchev–Trinajstić information content (AvgIpc) is 3.27. The maximum absolute atomic E-state index is 12.2. The number of benzene rings is 1. The van der Waals surface area contributed by atoms with Crippen LogP contribution in [0.2, 0.25) is 0 Å². The van der Waals surface area contributed by atoms with Crippen LogP contribution in [0.3, 0.4) is 0 Å². The van der Waals surface area contributed by atoms with E-state index in [0.29, 0.717) is 37.0 Å². The smallest absolute Gasteiger partial charge is 0.319 e. The van der Waals surface area contributed by atoms with Crippen LogP contribution in [0.1, 0.15) is 35.9 Å². The van der Waals surface area contributed by atoms with Gasteiger partial charge in [-0.25, -0.2) is 4.79 Å². The Kier molecular flexibility index (Phi) is 5.06. The number of fused-ring (bicyclic) bond motifs is 3. The Balaban J connectivity index is 1.37. The van der Waals surface area contributed by atoms with Crippen LogP contribution in [0.5, 0.6) is 0 Å². The van der Waals surface area contributed by atoms with Gasteiger partial charge >= 0.3 is 6.03 Å². The molecule has 0 unspecified atom stereocenters. The van der Waals surface area contributed by atoms with Gasteiger partial charge < -0.3 is 24.3 Å². The number of carbonyl (C=O) groups excluding carboxylic acids is 1. The van der Waals surface area contributed by atoms with Gasteiger partial charge in [0.2, 0.25) is 5.89 Å². The lowest BCUT2D eigenvalue weighted by Gasteiger charge is -2.08. The third-order valence-electron chi connectivity index (χ3n) is 4.64. The predicted molar refractivity (Wildman–Crippen MR) is 98.6 cm³/mol. The van der Waals surface area contributed by atoms with Gasteiger partial charge in [0.1, 0.15) is 12.4 Å². The minimum absolute atomic E-state index is 0.298. The molecular weight excluding hydrogens is 348 g/mol. The first-order chi connectivity index (χ1) is 13.2. The molecule has 0 saturated carbocycles. The Bertz CT molecular complexity index is 946. The quantitative estimate of drug-likeness (QED) is 0.691. The molecule has 4 rings (SSSR count). The number of aromatic nitrogens is 2. The summed E-state index contributed by atoms with van der Waals surface area (Å²) in [6.07, 6.45) is 4.78. The van der Waals surface area contributed by atoms with E-state index < -0.39 is 0 Å². The van der Waals surface area contributed by atoms with Crippen LogP contribution < -0.4 is 10.6 Å². The summed E-state index contributed by atoms with van der Waals surface area (Å²) >= 11 is 0. The molecule has 0 spiro atoms. The number of ether oxygens (including phenoxy) is 1. The molecule has 0 fully saturated rings. The number of furan rings is 1. The van der Waals surface area contributed by atoms with Crippen LogP contribution in [-0.4, -0.2) is 29.8 Å². The fourth-order valence-corrected chi connectivity index (χ4v) is 3.41. The molecule has 0 saturated heterocycles. The molecule has 142 valence electrons. The Hall–Kier alpha value is -2.87. The molecule has 0 atom stereocenters. The van der Waals surface area contributed by atoms with E-state index in [1.165, 1.54) is 12.0 Å². The zero-order chi connectivity index (χ0) is 18.6. The second kappa shape index (κ2) is 7.79. The van der Waals surface area contributed by atoms with Crippen molar-refractivity contribution in [2.45, 2.75) is 38.7 Å². The molecule has 2 aromatic heterocycles. The number of urea groups is 1. The lowest BCUT2D eigenvalue weighted by molar-refractivity contribution is 0.174. The molecule has 8 heteroatoms. The first-order valence-corrected chi connectivity index (χ1v) is 9.13. The number of aryl methyl sites for hydroxylation is 2. The van der Waals surface area contributed by atoms with E-state index in [2.05, 4.69) is 26.8 Å². The zero-order valence-corrected chi connectivity index (χ0v) is 15.2. The summed E-state index contributed by atoms with van der Waals surface area (Å²) < 4.78 is 16.1. The van der Waals surface area contributed by atoms with Crippen molar-refractivity contribution in [3.63, 3.8) is 0 Å². The Morgan fingerprint density at radius 3 is 3.07 bits per heavy atom. The van der Waals surface area contributed by atoms with Crippen LogP contribution in [0, 0.1) is 0 Å². The van der Waals surface area contributed by atoms with Gasteiger partial charge in [-0.15, -0.1) is 0 Å². The SMILES string of the molecule is COCc1noc(CCNC(=O)Nc2cccc3c4c(oc23)CCCC4)n1. The molecule has 1 aromatic carbocycles. The number of amides is 2. The van der Waals surface area contributed by atoms with Gasteiger partial charge in [-0.05, 0) is 25.3 Å². The molecule has 3 aromatic rings. The second-order valence-electron chi connectivity index (χ2n) is 6.56. The van der Waals surface area contributed by atoms with Crippen LogP contribution in [0.4, 0.5) is 10.5 Å². The normalized spacial score (nSPS) is 13.5. The highest BCUT2D eigenvalue weighted by atomic mass is 16.5. The standard InChI is InChI=1S/C19H22N4O4/c1-25-11-16-22-17(27-23-16)9-10-20-19(24)21-14-7-4-6-13-12-5-2-3-8-15(12)26-18(13)14/h4,6-7H,2-3,5,8-11H2,1H3,(H2,20,21,24). The highest BCUT2D eigenvalue weighted by molar-refractivity contribution is 6.00. The van der Waals surface area contributed by atoms with Gasteiger partial charge in [0, 0.05) is 37.4 Å². The molecule has 1 aliphatic carbocycles. The van der Waals surface area contributed by atoms with E-state index in [9.17, 15) is 4.79 Å². The van der Waals surface area contributed by atoms with Crippen molar-refractivity contribution in [2.75, 3.05) is 19.0 Å². The number of carbonyl (C=O) groups is 1. The van der Waals surface area contributed by atoms with Crippen LogP contribution in [0.15, 0.2) is 27.1 Å². The largest absolute Gasteiger partial charge is 0.459 e. The van der Waals surface area contributed by atoms with Crippen LogP contribution in [-0.2, 0) is 30.6 Å². The van der Waals surface area contributed by atoms with Gasteiger partial charge in [-0.2, -0.15) is 4.98 Å². The maximum atomic E-state index is 12.2. The summed E-state index contributed by atoms with van der Waals surface area (Å²) in [6, 6.07) is 5.55. The highest BCUT2D eigenvalue weighted by Gasteiger charge is 2.19. The summed E-state index contributed by atoms with van der Waals surface area (Å²) in [5.74, 6) is 2.00. The molecule has 2 amide bonds. The minimum atomic E-state index is -0.298. The van der Waals surface area contributed by atoms with E-state index in [1.807, 2.05) is 12.1 Å². The van der Waals surface area contributed by atoms with E-state index in [-0.39, 0.29) is 6.03 Å². The number of para-hydroxylation sites is 1. The summed E-state index contributed by atoms with van der Waals surface area (Å²) in [7, 11) is 1.57. The molecule has 0 radical (unpaired) electrons. The lowest BCUT2D eigenvalue weighted by atomic mass is 9.96. The number of hydrogen-bond donors (Lipinski definition) is 2. The van der Waals surface area contributed by atoms with Crippen molar-refractivity contribution >= 4 is 22.7 Å². The number of anilines is 1. The minimum Gasteiger partial charge on any atom is -0.459 e. The van der Waals surface area contributed by atoms with Gasteiger partial charge in [0.05, 0.1) is 5.69 Å². The first kappa shape index (κ1) is 17.5. The van der Waals surface area contributed by atoms with E-state index in [4.69, 9.17) is 13.7 Å². The van der Waals surface area contributed by atoms with Crippen molar-refractivity contribution in [3.05, 3.63) is 41.2 Å². The molecular formula is C19H22N4O4. The van der Waals surface area contributed by atoms with Gasteiger partial charge in [-0.3, -0.25) is 0 Å². The highest BCUT2D eigenvalue weighted by Crippen LogP contribution is 2.35. The van der Waals surface area contributed by atoms with E-state index in [0.717, 1.165) is 36.0 Å². The van der Waals surface area contributed by atoms with Crippen LogP contribution >= 0.6 is 0 Å². The third kappa shape index (κ3) is 3.80. The fraction of sp³-hybridized carbons (Fsp3) is 0.421. The Labute approximate surface area is 156 Å². The van der Waals surface area contributed by atoms with Crippen molar-refractivity contribution < 1.29 is 18.5 Å². The molecule has 2 N–H and O–H groups in total. The molecule has 2 heterocycles. The van der Waals surface area contributed by atoms with Crippen molar-refractivity contribution in [2.24, 2.45) is 0 Å². The first-order valence-electron chi connectivity index (χ1n) is 9.13. The van der Waals surface area contributed by atoms with Gasteiger partial charge in [-0.1, -0.05) is 17.3 Å². The second-order valence-corrected chi connectivity index (χ2v) is 6.56. The van der Waals surface area contributed by atoms with Gasteiger partial charge in [0.15, 0.2) is 11.4 Å². The third-order valence-corrected chi connectivity index (χ3v) is 4.64. The Morgan fingerprint density at radius 2 is 2.19 bits per heavy atom.